The molecule has 1 N–H and O–H groups in total. The Morgan fingerprint density at radius 1 is 1.21 bits per heavy atom. The van der Waals surface area contributed by atoms with Gasteiger partial charge in [-0.2, -0.15) is 0 Å². The summed E-state index contributed by atoms with van der Waals surface area (Å²) in [6.07, 6.45) is 0.592. The molecule has 0 bridgehead atoms. The predicted molar refractivity (Wildman–Crippen MR) is 107 cm³/mol. The van der Waals surface area contributed by atoms with Gasteiger partial charge in [0.25, 0.3) is 0 Å². The van der Waals surface area contributed by atoms with Crippen molar-refractivity contribution in [2.45, 2.75) is 46.1 Å². The molecule has 1 aliphatic rings. The van der Waals surface area contributed by atoms with Crippen LogP contribution in [0.15, 0.2) is 18.2 Å². The van der Waals surface area contributed by atoms with E-state index in [0.29, 0.717) is 24.3 Å². The summed E-state index contributed by atoms with van der Waals surface area (Å²) in [7, 11) is 0. The lowest BCUT2D eigenvalue weighted by atomic mass is 9.98. The lowest BCUT2D eigenvalue weighted by Gasteiger charge is -2.33. The molecule has 0 saturated carbocycles. The molecule has 1 saturated heterocycles. The summed E-state index contributed by atoms with van der Waals surface area (Å²) in [6.45, 7) is 8.37. The average Bonchev–Trinajstić information content (AvgIpc) is 2.58. The molecule has 8 heteroatoms. The Morgan fingerprint density at radius 3 is 2.39 bits per heavy atom. The van der Waals surface area contributed by atoms with Crippen LogP contribution < -0.4 is 5.32 Å². The molecule has 0 aromatic heterocycles. The fourth-order valence-electron chi connectivity index (χ4n) is 2.83. The summed E-state index contributed by atoms with van der Waals surface area (Å²) in [5.74, 6) is 0.0463. The standard InChI is InChI=1S/C20H27ClN2O5/c1-13(24)16-6-5-15(11-17(16)21)22-18(25)27-12-14-7-9-23(10-8-14)19(26)28-20(2,3)4/h5-6,11,14H,7-10,12H2,1-4H3,(H,22,25). The average molecular weight is 411 g/mol. The van der Waals surface area contributed by atoms with Gasteiger partial charge in [-0.25, -0.2) is 9.59 Å². The Kier molecular flexibility index (Phi) is 7.29. The van der Waals surface area contributed by atoms with Crippen molar-refractivity contribution in [3.05, 3.63) is 28.8 Å². The number of hydrogen-bond donors (Lipinski definition) is 1. The van der Waals surface area contributed by atoms with E-state index in [2.05, 4.69) is 5.32 Å². The molecule has 0 radical (unpaired) electrons. The van der Waals surface area contributed by atoms with E-state index >= 15 is 0 Å². The van der Waals surface area contributed by atoms with Crippen molar-refractivity contribution in [2.75, 3.05) is 25.0 Å². The molecular formula is C20H27ClN2O5. The highest BCUT2D eigenvalue weighted by atomic mass is 35.5. The molecule has 1 fully saturated rings. The summed E-state index contributed by atoms with van der Waals surface area (Å²) in [4.78, 5) is 37.1. The van der Waals surface area contributed by atoms with Crippen molar-refractivity contribution in [3.8, 4) is 0 Å². The molecular weight excluding hydrogens is 384 g/mol. The number of ether oxygens (including phenoxy) is 2. The topological polar surface area (TPSA) is 84.9 Å². The summed E-state index contributed by atoms with van der Waals surface area (Å²) >= 11 is 6.03. The summed E-state index contributed by atoms with van der Waals surface area (Å²) in [6, 6.07) is 4.68. The van der Waals surface area contributed by atoms with Gasteiger partial charge in [-0.05, 0) is 64.7 Å². The number of benzene rings is 1. The Morgan fingerprint density at radius 2 is 1.86 bits per heavy atom. The number of Topliss-reactive ketones (excluding diaryl/α,β-unsaturated/α-hetero) is 1. The number of ketones is 1. The van der Waals surface area contributed by atoms with E-state index in [1.165, 1.54) is 13.0 Å². The van der Waals surface area contributed by atoms with Crippen LogP contribution in [0.1, 0.15) is 50.9 Å². The fourth-order valence-corrected chi connectivity index (χ4v) is 3.15. The van der Waals surface area contributed by atoms with E-state index in [4.69, 9.17) is 21.1 Å². The van der Waals surface area contributed by atoms with E-state index in [9.17, 15) is 14.4 Å². The number of nitrogens with one attached hydrogen (secondary N) is 1. The first-order valence-electron chi connectivity index (χ1n) is 9.27. The molecule has 1 aromatic rings. The fraction of sp³-hybridized carbons (Fsp3) is 0.550. The second-order valence-corrected chi connectivity index (χ2v) is 8.29. The largest absolute Gasteiger partial charge is 0.449 e. The third-order valence-electron chi connectivity index (χ3n) is 4.31. The number of nitrogens with zero attached hydrogens (tertiary/aromatic N) is 1. The smallest absolute Gasteiger partial charge is 0.411 e. The molecule has 1 heterocycles. The quantitative estimate of drug-likeness (QED) is 0.724. The maximum atomic E-state index is 12.1. The van der Waals surface area contributed by atoms with Crippen LogP contribution in [0.5, 0.6) is 0 Å². The molecule has 2 amide bonds. The van der Waals surface area contributed by atoms with Gasteiger partial charge in [0.2, 0.25) is 0 Å². The Hall–Kier alpha value is -2.28. The zero-order valence-electron chi connectivity index (χ0n) is 16.7. The zero-order valence-corrected chi connectivity index (χ0v) is 17.5. The normalized spacial score (nSPS) is 15.1. The summed E-state index contributed by atoms with van der Waals surface area (Å²) < 4.78 is 10.7. The third-order valence-corrected chi connectivity index (χ3v) is 4.62. The minimum absolute atomic E-state index is 0.142. The molecule has 1 aromatic carbocycles. The van der Waals surface area contributed by atoms with Gasteiger partial charge < -0.3 is 14.4 Å². The number of amides is 2. The van der Waals surface area contributed by atoms with E-state index in [0.717, 1.165) is 12.8 Å². The van der Waals surface area contributed by atoms with Crippen molar-refractivity contribution in [1.82, 2.24) is 4.90 Å². The van der Waals surface area contributed by atoms with Crippen molar-refractivity contribution in [3.63, 3.8) is 0 Å². The highest BCUT2D eigenvalue weighted by Crippen LogP contribution is 2.22. The number of carbonyl (C=O) groups excluding carboxylic acids is 3. The van der Waals surface area contributed by atoms with Crippen LogP contribution in [0.4, 0.5) is 15.3 Å². The number of hydrogen-bond acceptors (Lipinski definition) is 5. The molecule has 2 rings (SSSR count). The molecule has 0 unspecified atom stereocenters. The van der Waals surface area contributed by atoms with Gasteiger partial charge in [-0.1, -0.05) is 11.6 Å². The maximum Gasteiger partial charge on any atom is 0.411 e. The summed E-state index contributed by atoms with van der Waals surface area (Å²) in [5.41, 5.74) is 0.345. The van der Waals surface area contributed by atoms with Crippen LogP contribution in [0.3, 0.4) is 0 Å². The number of rotatable bonds is 4. The molecule has 154 valence electrons. The Bertz CT molecular complexity index is 737. The Balaban J connectivity index is 1.75. The monoisotopic (exact) mass is 410 g/mol. The highest BCUT2D eigenvalue weighted by molar-refractivity contribution is 6.34. The van der Waals surface area contributed by atoms with Crippen LogP contribution in [0.25, 0.3) is 0 Å². The Labute approximate surface area is 170 Å². The first-order chi connectivity index (χ1) is 13.0. The molecule has 0 aliphatic carbocycles. The van der Waals surface area contributed by atoms with Crippen LogP contribution in [-0.4, -0.2) is 48.2 Å². The molecule has 0 atom stereocenters. The van der Waals surface area contributed by atoms with Gasteiger partial charge in [0.1, 0.15) is 5.60 Å². The number of carbonyl (C=O) groups is 3. The number of likely N-dealkylation sites (tertiary alicyclic amines) is 1. The van der Waals surface area contributed by atoms with Gasteiger partial charge >= 0.3 is 12.2 Å². The lowest BCUT2D eigenvalue weighted by Crippen LogP contribution is -2.42. The molecule has 28 heavy (non-hydrogen) atoms. The van der Waals surface area contributed by atoms with Gasteiger partial charge in [0.15, 0.2) is 5.78 Å². The first-order valence-corrected chi connectivity index (χ1v) is 9.65. The van der Waals surface area contributed by atoms with E-state index in [1.807, 2.05) is 20.8 Å². The molecule has 1 aliphatic heterocycles. The minimum atomic E-state index is -0.582. The zero-order chi connectivity index (χ0) is 20.9. The van der Waals surface area contributed by atoms with Gasteiger partial charge in [0, 0.05) is 24.3 Å². The number of halogens is 1. The molecule has 7 nitrogen and oxygen atoms in total. The third kappa shape index (κ3) is 6.71. The van der Waals surface area contributed by atoms with E-state index in [1.54, 1.807) is 17.0 Å². The lowest BCUT2D eigenvalue weighted by molar-refractivity contribution is 0.0152. The van der Waals surface area contributed by atoms with Crippen LogP contribution in [-0.2, 0) is 9.47 Å². The van der Waals surface area contributed by atoms with Gasteiger partial charge in [-0.3, -0.25) is 10.1 Å². The van der Waals surface area contributed by atoms with Crippen LogP contribution >= 0.6 is 11.6 Å². The van der Waals surface area contributed by atoms with E-state index in [-0.39, 0.29) is 29.4 Å². The second kappa shape index (κ2) is 9.28. The van der Waals surface area contributed by atoms with Crippen LogP contribution in [0, 0.1) is 5.92 Å². The number of anilines is 1. The number of piperidine rings is 1. The minimum Gasteiger partial charge on any atom is -0.449 e. The van der Waals surface area contributed by atoms with Crippen molar-refractivity contribution in [1.29, 1.82) is 0 Å². The highest BCUT2D eigenvalue weighted by Gasteiger charge is 2.27. The van der Waals surface area contributed by atoms with Gasteiger partial charge in [0.05, 0.1) is 11.6 Å². The van der Waals surface area contributed by atoms with Crippen molar-refractivity contribution in [2.24, 2.45) is 5.92 Å². The SMILES string of the molecule is CC(=O)c1ccc(NC(=O)OCC2CCN(C(=O)OC(C)(C)C)CC2)cc1Cl. The summed E-state index contributed by atoms with van der Waals surface area (Å²) in [5, 5.41) is 2.88. The second-order valence-electron chi connectivity index (χ2n) is 7.89. The predicted octanol–water partition coefficient (Wildman–Crippen LogP) is 4.74. The van der Waals surface area contributed by atoms with E-state index < -0.39 is 11.7 Å². The first kappa shape index (κ1) is 22.0. The maximum absolute atomic E-state index is 12.1. The van der Waals surface area contributed by atoms with Crippen molar-refractivity contribution >= 4 is 35.3 Å². The van der Waals surface area contributed by atoms with Crippen LogP contribution in [0.2, 0.25) is 5.02 Å². The van der Waals surface area contributed by atoms with Crippen molar-refractivity contribution < 1.29 is 23.9 Å². The molecule has 0 spiro atoms. The van der Waals surface area contributed by atoms with Gasteiger partial charge in [-0.15, -0.1) is 0 Å².